The Bertz CT molecular complexity index is 425. The zero-order valence-corrected chi connectivity index (χ0v) is 13.5. The van der Waals surface area contributed by atoms with Crippen molar-refractivity contribution in [2.75, 3.05) is 46.5 Å². The number of halogens is 1. The molecule has 6 heteroatoms. The quantitative estimate of drug-likeness (QED) is 0.832. The minimum Gasteiger partial charge on any atom is -0.493 e. The van der Waals surface area contributed by atoms with Crippen LogP contribution >= 0.6 is 12.4 Å². The van der Waals surface area contributed by atoms with E-state index in [1.54, 1.807) is 7.11 Å². The summed E-state index contributed by atoms with van der Waals surface area (Å²) in [6.45, 7) is 6.48. The van der Waals surface area contributed by atoms with Crippen LogP contribution in [0.2, 0.25) is 0 Å². The molecule has 5 nitrogen and oxygen atoms in total. The molecule has 1 aliphatic heterocycles. The van der Waals surface area contributed by atoms with Crippen molar-refractivity contribution in [1.82, 2.24) is 10.2 Å². The Labute approximate surface area is 132 Å². The van der Waals surface area contributed by atoms with Crippen LogP contribution < -0.4 is 14.8 Å². The summed E-state index contributed by atoms with van der Waals surface area (Å²) in [7, 11) is 1.64. The van der Waals surface area contributed by atoms with Crippen molar-refractivity contribution < 1.29 is 14.6 Å². The molecule has 0 spiro atoms. The highest BCUT2D eigenvalue weighted by molar-refractivity contribution is 5.85. The van der Waals surface area contributed by atoms with Crippen LogP contribution in [0.4, 0.5) is 0 Å². The van der Waals surface area contributed by atoms with E-state index < -0.39 is 0 Å². The van der Waals surface area contributed by atoms with E-state index in [2.05, 4.69) is 10.2 Å². The number of aliphatic hydroxyl groups excluding tert-OH is 1. The lowest BCUT2D eigenvalue weighted by Gasteiger charge is -2.34. The summed E-state index contributed by atoms with van der Waals surface area (Å²) >= 11 is 0. The third-order valence-electron chi connectivity index (χ3n) is 3.64. The molecule has 0 saturated carbocycles. The fourth-order valence-corrected chi connectivity index (χ4v) is 2.59. The van der Waals surface area contributed by atoms with Gasteiger partial charge in [0.15, 0.2) is 11.5 Å². The van der Waals surface area contributed by atoms with Gasteiger partial charge >= 0.3 is 0 Å². The van der Waals surface area contributed by atoms with Gasteiger partial charge in [0.05, 0.1) is 26.4 Å². The van der Waals surface area contributed by atoms with Crippen LogP contribution in [0.15, 0.2) is 18.2 Å². The monoisotopic (exact) mass is 316 g/mol. The van der Waals surface area contributed by atoms with Gasteiger partial charge in [0.2, 0.25) is 0 Å². The highest BCUT2D eigenvalue weighted by Crippen LogP contribution is 2.32. The average Bonchev–Trinajstić information content (AvgIpc) is 2.50. The number of piperazine rings is 1. The Morgan fingerprint density at radius 2 is 2.00 bits per heavy atom. The van der Waals surface area contributed by atoms with Crippen molar-refractivity contribution in [3.63, 3.8) is 0 Å². The number of methoxy groups -OCH3 is 1. The van der Waals surface area contributed by atoms with Crippen molar-refractivity contribution in [2.45, 2.75) is 13.0 Å². The number of rotatable bonds is 6. The molecule has 2 rings (SSSR count). The van der Waals surface area contributed by atoms with E-state index >= 15 is 0 Å². The molecule has 1 aromatic rings. The SMILES string of the molecule is CCOc1ccc([C@@H](CO)N2CCNCC2)cc1OC.Cl. The Morgan fingerprint density at radius 1 is 1.29 bits per heavy atom. The van der Waals surface area contributed by atoms with E-state index in [1.807, 2.05) is 25.1 Å². The molecule has 21 heavy (non-hydrogen) atoms. The van der Waals surface area contributed by atoms with Gasteiger partial charge in [-0.25, -0.2) is 0 Å². The van der Waals surface area contributed by atoms with Gasteiger partial charge in [-0.1, -0.05) is 6.07 Å². The normalized spacial score (nSPS) is 16.9. The van der Waals surface area contributed by atoms with E-state index in [-0.39, 0.29) is 25.1 Å². The summed E-state index contributed by atoms with van der Waals surface area (Å²) in [5.41, 5.74) is 1.06. The lowest BCUT2D eigenvalue weighted by atomic mass is 10.0. The smallest absolute Gasteiger partial charge is 0.161 e. The molecule has 0 radical (unpaired) electrons. The van der Waals surface area contributed by atoms with Gasteiger partial charge in [-0.3, -0.25) is 4.90 Å². The molecular weight excluding hydrogens is 292 g/mol. The second kappa shape index (κ2) is 9.10. The highest BCUT2D eigenvalue weighted by Gasteiger charge is 2.22. The Balaban J connectivity index is 0.00000220. The summed E-state index contributed by atoms with van der Waals surface area (Å²) in [6.07, 6.45) is 0. The molecule has 0 unspecified atom stereocenters. The molecule has 1 atom stereocenters. The first-order valence-corrected chi connectivity index (χ1v) is 7.16. The van der Waals surface area contributed by atoms with Crippen molar-refractivity contribution in [3.05, 3.63) is 23.8 Å². The van der Waals surface area contributed by atoms with E-state index in [1.165, 1.54) is 0 Å². The second-order valence-electron chi connectivity index (χ2n) is 4.83. The molecule has 120 valence electrons. The molecule has 0 bridgehead atoms. The number of hydrogen-bond acceptors (Lipinski definition) is 5. The van der Waals surface area contributed by atoms with Crippen molar-refractivity contribution in [3.8, 4) is 11.5 Å². The van der Waals surface area contributed by atoms with Crippen molar-refractivity contribution >= 4 is 12.4 Å². The zero-order chi connectivity index (χ0) is 14.4. The Morgan fingerprint density at radius 3 is 2.57 bits per heavy atom. The van der Waals surface area contributed by atoms with Gasteiger partial charge in [-0.05, 0) is 24.6 Å². The maximum Gasteiger partial charge on any atom is 0.161 e. The van der Waals surface area contributed by atoms with E-state index in [4.69, 9.17) is 9.47 Å². The first-order valence-electron chi connectivity index (χ1n) is 7.16. The van der Waals surface area contributed by atoms with Gasteiger partial charge in [0.25, 0.3) is 0 Å². The summed E-state index contributed by atoms with van der Waals surface area (Å²) in [6, 6.07) is 5.91. The van der Waals surface area contributed by atoms with Crippen LogP contribution in [-0.2, 0) is 0 Å². The maximum absolute atomic E-state index is 9.73. The fraction of sp³-hybridized carbons (Fsp3) is 0.600. The summed E-state index contributed by atoms with van der Waals surface area (Å²) in [5.74, 6) is 1.47. The molecule has 1 fully saturated rings. The molecule has 1 aliphatic rings. The number of benzene rings is 1. The van der Waals surface area contributed by atoms with Gasteiger partial charge in [0, 0.05) is 26.2 Å². The van der Waals surface area contributed by atoms with Crippen molar-refractivity contribution in [2.24, 2.45) is 0 Å². The lowest BCUT2D eigenvalue weighted by molar-refractivity contribution is 0.110. The minimum absolute atomic E-state index is 0. The van der Waals surface area contributed by atoms with Crippen LogP contribution in [-0.4, -0.2) is 56.5 Å². The summed E-state index contributed by atoms with van der Waals surface area (Å²) in [5, 5.41) is 13.1. The zero-order valence-electron chi connectivity index (χ0n) is 12.7. The fourth-order valence-electron chi connectivity index (χ4n) is 2.59. The standard InChI is InChI=1S/C15H24N2O3.ClH/c1-3-20-14-5-4-12(10-15(14)19-2)13(11-18)17-8-6-16-7-9-17;/h4-5,10,13,16,18H,3,6-9,11H2,1-2H3;1H/t13-;/m1./s1. The van der Waals surface area contributed by atoms with E-state index in [0.717, 1.165) is 43.2 Å². The van der Waals surface area contributed by atoms with Crippen LogP contribution in [0.5, 0.6) is 11.5 Å². The maximum atomic E-state index is 9.73. The number of nitrogens with one attached hydrogen (secondary N) is 1. The predicted octanol–water partition coefficient (Wildman–Crippen LogP) is 1.45. The van der Waals surface area contributed by atoms with Crippen LogP contribution in [0, 0.1) is 0 Å². The van der Waals surface area contributed by atoms with Gasteiger partial charge in [0.1, 0.15) is 0 Å². The van der Waals surface area contributed by atoms with E-state index in [9.17, 15) is 5.11 Å². The second-order valence-corrected chi connectivity index (χ2v) is 4.83. The summed E-state index contributed by atoms with van der Waals surface area (Å²) < 4.78 is 10.9. The molecule has 2 N–H and O–H groups in total. The molecule has 0 aromatic heterocycles. The largest absolute Gasteiger partial charge is 0.493 e. The number of hydrogen-bond donors (Lipinski definition) is 2. The van der Waals surface area contributed by atoms with Crippen LogP contribution in [0.25, 0.3) is 0 Å². The van der Waals surface area contributed by atoms with Gasteiger partial charge in [-0.2, -0.15) is 0 Å². The average molecular weight is 317 g/mol. The lowest BCUT2D eigenvalue weighted by Crippen LogP contribution is -2.46. The van der Waals surface area contributed by atoms with Gasteiger partial charge in [-0.15, -0.1) is 12.4 Å². The van der Waals surface area contributed by atoms with Crippen LogP contribution in [0.1, 0.15) is 18.5 Å². The molecule has 0 amide bonds. The van der Waals surface area contributed by atoms with Crippen molar-refractivity contribution in [1.29, 1.82) is 0 Å². The van der Waals surface area contributed by atoms with Crippen LogP contribution in [0.3, 0.4) is 0 Å². The Hall–Kier alpha value is -1.01. The molecular formula is C15H25ClN2O3. The van der Waals surface area contributed by atoms with E-state index in [0.29, 0.717) is 6.61 Å². The third-order valence-corrected chi connectivity index (χ3v) is 3.64. The minimum atomic E-state index is 0. The molecule has 1 saturated heterocycles. The third kappa shape index (κ3) is 4.48. The molecule has 0 aliphatic carbocycles. The first kappa shape index (κ1) is 18.0. The number of nitrogens with zero attached hydrogens (tertiary/aromatic N) is 1. The highest BCUT2D eigenvalue weighted by atomic mass is 35.5. The number of ether oxygens (including phenoxy) is 2. The first-order chi connectivity index (χ1) is 9.80. The molecule has 1 heterocycles. The topological polar surface area (TPSA) is 54.0 Å². The molecule has 1 aromatic carbocycles. The summed E-state index contributed by atoms with van der Waals surface area (Å²) in [4.78, 5) is 2.30. The number of aliphatic hydroxyl groups is 1. The van der Waals surface area contributed by atoms with Gasteiger partial charge < -0.3 is 19.9 Å². The Kier molecular flexibility index (Phi) is 7.82. The predicted molar refractivity (Wildman–Crippen MR) is 85.7 cm³/mol.